The predicted octanol–water partition coefficient (Wildman–Crippen LogP) is 15.4. The van der Waals surface area contributed by atoms with Gasteiger partial charge in [0.05, 0.1) is 27.8 Å². The van der Waals surface area contributed by atoms with E-state index in [-0.39, 0.29) is 28.4 Å². The Morgan fingerprint density at radius 2 is 0.679 bits per heavy atom. The first-order valence-electron chi connectivity index (χ1n) is 25.8. The van der Waals surface area contributed by atoms with Crippen LogP contribution in [0.5, 0.6) is 0 Å². The average Bonchev–Trinajstić information content (AvgIpc) is 3.97. The van der Waals surface area contributed by atoms with Gasteiger partial charge in [-0.15, -0.1) is 0 Å². The zero-order valence-electron chi connectivity index (χ0n) is 46.2. The van der Waals surface area contributed by atoms with Crippen LogP contribution in [0, 0.1) is 5.92 Å². The van der Waals surface area contributed by atoms with Crippen LogP contribution < -0.4 is 53.2 Å². The van der Waals surface area contributed by atoms with Crippen molar-refractivity contribution < 1.29 is 65.9 Å². The third-order valence-electron chi connectivity index (χ3n) is 12.4. The second-order valence-corrected chi connectivity index (χ2v) is 20.2. The van der Waals surface area contributed by atoms with Gasteiger partial charge in [0.2, 0.25) is 0 Å². The van der Waals surface area contributed by atoms with Gasteiger partial charge < -0.3 is 53.2 Å². The van der Waals surface area contributed by atoms with Crippen molar-refractivity contribution >= 4 is 56.9 Å². The topological polar surface area (TPSA) is 146 Å². The minimum absolute atomic E-state index is 0.114. The van der Waals surface area contributed by atoms with E-state index >= 15 is 0 Å². The van der Waals surface area contributed by atoms with E-state index in [0.717, 1.165) is 126 Å². The van der Waals surface area contributed by atoms with E-state index in [1.54, 1.807) is 67.2 Å². The van der Waals surface area contributed by atoms with Crippen LogP contribution in [0.4, 0.5) is 123 Å². The Labute approximate surface area is 463 Å². The molecule has 7 rings (SSSR count). The molecule has 2 aliphatic heterocycles. The molecule has 0 spiro atoms. The Morgan fingerprint density at radius 3 is 0.988 bits per heavy atom. The Morgan fingerprint density at radius 1 is 0.395 bits per heavy atom. The molecule has 5 aromatic carbocycles. The fourth-order valence-corrected chi connectivity index (χ4v) is 8.36. The molecular formula is C56H73F15N10. The summed E-state index contributed by atoms with van der Waals surface area (Å²) in [5.41, 5.74) is 27.2. The van der Waals surface area contributed by atoms with Gasteiger partial charge in [-0.3, -0.25) is 0 Å². The molecule has 0 bridgehead atoms. The molecule has 0 saturated carbocycles. The van der Waals surface area contributed by atoms with E-state index in [1.165, 1.54) is 18.2 Å². The SMILES string of the molecule is CC(C)CN(C)c1cc(N)cc(C(F)(F)F)c1.CCCCN(C)c1cc(N)cc(C(F)(F)F)c1.CN(C)c1cc(N)cc(C(F)(F)F)c1.Nc1cc(N2CCCC2)cc(C(F)(F)F)c1.Nc1cc(N2CCCCC2)cc(C(F)(F)F)c1. The number of nitrogens with two attached hydrogens (primary N) is 5. The molecule has 0 aliphatic carbocycles. The van der Waals surface area contributed by atoms with Crippen molar-refractivity contribution in [2.24, 2.45) is 5.92 Å². The molecule has 25 heteroatoms. The number of halogens is 15. The Bertz CT molecular complexity index is 2730. The molecule has 2 fully saturated rings. The standard InChI is InChI=1S/C12H15F3N2.2C12H17F3N2.C11H13F3N2.C9H11F3N2/c13-12(14,15)9-6-10(16)8-11(7-9)17-4-2-1-3-5-17;1-8(2)7-17(3)11-5-9(12(13,14)15)4-10(16)6-11;1-3-4-5-17(2)11-7-9(12(13,14)15)6-10(16)8-11;12-11(13,14)8-5-9(15)7-10(6-8)16-3-1-2-4-16;1-14(2)8-4-6(9(10,11)12)3-7(13)5-8/h6-8H,1-5,16H2;4-6,8H,7,16H2,1-3H3;6-8H,3-5,16H2,1-2H3;5-7H,1-4,15H2;3-5H,13H2,1-2H3. The average molecular weight is 1170 g/mol. The molecule has 2 aliphatic rings. The smallest absolute Gasteiger partial charge is 0.399 e. The maximum absolute atomic E-state index is 12.6. The maximum Gasteiger partial charge on any atom is 0.416 e. The van der Waals surface area contributed by atoms with Crippen LogP contribution >= 0.6 is 0 Å². The first-order chi connectivity index (χ1) is 37.3. The van der Waals surface area contributed by atoms with Gasteiger partial charge >= 0.3 is 30.9 Å². The van der Waals surface area contributed by atoms with Crippen molar-refractivity contribution in [1.82, 2.24) is 0 Å². The summed E-state index contributed by atoms with van der Waals surface area (Å²) in [6.07, 6.45) is -14.5. The summed E-state index contributed by atoms with van der Waals surface area (Å²) in [7, 11) is 6.85. The van der Waals surface area contributed by atoms with Crippen LogP contribution in [0.1, 0.15) is 93.5 Å². The first-order valence-corrected chi connectivity index (χ1v) is 25.8. The summed E-state index contributed by atoms with van der Waals surface area (Å²) >= 11 is 0. The van der Waals surface area contributed by atoms with Crippen molar-refractivity contribution in [2.45, 2.75) is 96.6 Å². The molecule has 0 atom stereocenters. The van der Waals surface area contributed by atoms with Crippen LogP contribution in [0.2, 0.25) is 0 Å². The predicted molar refractivity (Wildman–Crippen MR) is 297 cm³/mol. The number of unbranched alkanes of at least 4 members (excludes halogenated alkanes) is 1. The quantitative estimate of drug-likeness (QED) is 0.0677. The molecule has 0 amide bonds. The molecule has 2 saturated heterocycles. The molecule has 5 aromatic rings. The Hall–Kier alpha value is -6.95. The third kappa shape index (κ3) is 23.2. The van der Waals surface area contributed by atoms with Gasteiger partial charge in [-0.05, 0) is 135 Å². The van der Waals surface area contributed by atoms with Gasteiger partial charge in [-0.2, -0.15) is 65.9 Å². The number of hydrogen-bond donors (Lipinski definition) is 5. The van der Waals surface area contributed by atoms with Crippen molar-refractivity contribution in [3.05, 3.63) is 119 Å². The largest absolute Gasteiger partial charge is 0.416 e. The van der Waals surface area contributed by atoms with Gasteiger partial charge in [0.15, 0.2) is 0 Å². The molecule has 0 unspecified atom stereocenters. The Kier molecular flexibility index (Phi) is 24.6. The highest BCUT2D eigenvalue weighted by molar-refractivity contribution is 5.62. The number of hydrogen-bond acceptors (Lipinski definition) is 10. The molecular weight excluding hydrogens is 1100 g/mol. The minimum Gasteiger partial charge on any atom is -0.399 e. The number of alkyl halides is 15. The number of anilines is 10. The lowest BCUT2D eigenvalue weighted by molar-refractivity contribution is -0.138. The summed E-state index contributed by atoms with van der Waals surface area (Å²) in [5, 5.41) is 0. The zero-order valence-corrected chi connectivity index (χ0v) is 46.2. The highest BCUT2D eigenvalue weighted by Gasteiger charge is 2.35. The van der Waals surface area contributed by atoms with Crippen molar-refractivity contribution in [2.75, 3.05) is 121 Å². The summed E-state index contributed by atoms with van der Waals surface area (Å²) in [4.78, 5) is 9.04. The van der Waals surface area contributed by atoms with Crippen LogP contribution in [0.3, 0.4) is 0 Å². The van der Waals surface area contributed by atoms with Crippen molar-refractivity contribution in [3.63, 3.8) is 0 Å². The lowest BCUT2D eigenvalue weighted by Crippen LogP contribution is -2.29. The lowest BCUT2D eigenvalue weighted by Gasteiger charge is -2.29. The molecule has 10 N–H and O–H groups in total. The number of benzene rings is 5. The molecule has 0 radical (unpaired) electrons. The van der Waals surface area contributed by atoms with Gasteiger partial charge in [0.25, 0.3) is 0 Å². The minimum atomic E-state index is -4.36. The van der Waals surface area contributed by atoms with E-state index in [4.69, 9.17) is 28.7 Å². The first kappa shape index (κ1) is 68.3. The number of piperidine rings is 1. The maximum atomic E-state index is 12.6. The molecule has 452 valence electrons. The van der Waals surface area contributed by atoms with Gasteiger partial charge in [-0.1, -0.05) is 27.2 Å². The van der Waals surface area contributed by atoms with E-state index in [9.17, 15) is 65.9 Å². The second-order valence-electron chi connectivity index (χ2n) is 20.2. The number of nitrogens with zero attached hydrogens (tertiary/aromatic N) is 5. The van der Waals surface area contributed by atoms with Crippen molar-refractivity contribution in [1.29, 1.82) is 0 Å². The summed E-state index contributed by atoms with van der Waals surface area (Å²) in [5.74, 6) is 0.371. The summed E-state index contributed by atoms with van der Waals surface area (Å²) in [6.45, 7) is 10.7. The summed E-state index contributed by atoms with van der Waals surface area (Å²) in [6, 6.07) is 18.3. The molecule has 2 heterocycles. The van der Waals surface area contributed by atoms with Crippen LogP contribution in [-0.2, 0) is 30.9 Å². The fraction of sp³-hybridized carbons (Fsp3) is 0.464. The van der Waals surface area contributed by atoms with E-state index in [1.807, 2.05) is 30.6 Å². The lowest BCUT2D eigenvalue weighted by atomic mass is 10.1. The fourth-order valence-electron chi connectivity index (χ4n) is 8.36. The monoisotopic (exact) mass is 1170 g/mol. The Balaban J connectivity index is 0.000000266. The van der Waals surface area contributed by atoms with Gasteiger partial charge in [-0.25, -0.2) is 0 Å². The summed E-state index contributed by atoms with van der Waals surface area (Å²) < 4.78 is 188. The molecule has 81 heavy (non-hydrogen) atoms. The highest BCUT2D eigenvalue weighted by atomic mass is 19.4. The third-order valence-corrected chi connectivity index (χ3v) is 12.4. The zero-order chi connectivity index (χ0) is 61.4. The number of nitrogen functional groups attached to an aromatic ring is 5. The number of rotatable bonds is 10. The second kappa shape index (κ2) is 29.2. The van der Waals surface area contributed by atoms with Crippen molar-refractivity contribution in [3.8, 4) is 0 Å². The van der Waals surface area contributed by atoms with Gasteiger partial charge in [0.1, 0.15) is 0 Å². The van der Waals surface area contributed by atoms with Crippen LogP contribution in [0.25, 0.3) is 0 Å². The van der Waals surface area contributed by atoms with Gasteiger partial charge in [0, 0.05) is 124 Å². The van der Waals surface area contributed by atoms with Crippen LogP contribution in [-0.4, -0.2) is 67.5 Å². The van der Waals surface area contributed by atoms with Crippen LogP contribution in [0.15, 0.2) is 91.0 Å². The normalized spacial score (nSPS) is 13.9. The molecule has 0 aromatic heterocycles. The van der Waals surface area contributed by atoms with E-state index in [0.29, 0.717) is 40.9 Å². The van der Waals surface area contributed by atoms with E-state index < -0.39 is 58.7 Å². The van der Waals surface area contributed by atoms with E-state index in [2.05, 4.69) is 0 Å². The highest BCUT2D eigenvalue weighted by Crippen LogP contribution is 2.38. The molecule has 10 nitrogen and oxygen atoms in total.